The number of carbonyl (C=O) groups is 1. The molecule has 1 aliphatic carbocycles. The Hall–Kier alpha value is -1.36. The van der Waals surface area contributed by atoms with Gasteiger partial charge >= 0.3 is 5.97 Å². The highest BCUT2D eigenvalue weighted by Crippen LogP contribution is 2.41. The van der Waals surface area contributed by atoms with Gasteiger partial charge in [0.05, 0.1) is 12.6 Å². The summed E-state index contributed by atoms with van der Waals surface area (Å²) in [6.45, 7) is 0. The summed E-state index contributed by atoms with van der Waals surface area (Å²) in [6.07, 6.45) is 2.28. The molecule has 0 radical (unpaired) electrons. The molecule has 2 heterocycles. The van der Waals surface area contributed by atoms with Crippen LogP contribution in [0.4, 0.5) is 0 Å². The molecular formula is C12H11BrN2O2. The first-order valence-electron chi connectivity index (χ1n) is 5.47. The number of esters is 1. The number of methoxy groups -OCH3 is 1. The molecule has 88 valence electrons. The molecule has 0 N–H and O–H groups in total. The number of carbonyl (C=O) groups excluding carboxylic acids is 1. The van der Waals surface area contributed by atoms with Gasteiger partial charge in [0.2, 0.25) is 0 Å². The number of ether oxygens (including phenoxy) is 1. The zero-order chi connectivity index (χ0) is 12.0. The molecule has 1 aliphatic rings. The third-order valence-corrected chi connectivity index (χ3v) is 3.56. The summed E-state index contributed by atoms with van der Waals surface area (Å²) in [4.78, 5) is 16.2. The minimum atomic E-state index is -0.331. The quantitative estimate of drug-likeness (QED) is 0.800. The van der Waals surface area contributed by atoms with Crippen molar-refractivity contribution in [2.24, 2.45) is 0 Å². The number of fused-ring (bicyclic) bond motifs is 1. The lowest BCUT2D eigenvalue weighted by molar-refractivity contribution is 0.0592. The molecule has 0 spiro atoms. The smallest absolute Gasteiger partial charge is 0.355 e. The average molecular weight is 295 g/mol. The van der Waals surface area contributed by atoms with Crippen LogP contribution in [0.5, 0.6) is 0 Å². The van der Waals surface area contributed by atoms with Crippen LogP contribution in [0.15, 0.2) is 22.8 Å². The van der Waals surface area contributed by atoms with Crippen molar-refractivity contribution in [2.75, 3.05) is 7.11 Å². The van der Waals surface area contributed by atoms with Crippen LogP contribution in [-0.2, 0) is 4.74 Å². The van der Waals surface area contributed by atoms with E-state index in [2.05, 4.69) is 20.9 Å². The highest BCUT2D eigenvalue weighted by molar-refractivity contribution is 9.10. The van der Waals surface area contributed by atoms with Gasteiger partial charge in [-0.15, -0.1) is 0 Å². The standard InChI is InChI=1S/C12H11BrN2O2/c1-17-12(16)9-4-2-3-8-10(13)14-11(15(8)9)7-5-6-7/h2-4,7H,5-6H2,1H3. The minimum absolute atomic E-state index is 0.331. The molecule has 2 aromatic rings. The summed E-state index contributed by atoms with van der Waals surface area (Å²) in [5.74, 6) is 1.09. The molecule has 0 amide bonds. The lowest BCUT2D eigenvalue weighted by atomic mass is 10.3. The third-order valence-electron chi connectivity index (χ3n) is 2.98. The van der Waals surface area contributed by atoms with Crippen LogP contribution in [0.2, 0.25) is 0 Å². The number of imidazole rings is 1. The largest absolute Gasteiger partial charge is 0.464 e. The Morgan fingerprint density at radius 3 is 2.94 bits per heavy atom. The van der Waals surface area contributed by atoms with Crippen molar-refractivity contribution >= 4 is 27.4 Å². The number of nitrogens with zero attached hydrogens (tertiary/aromatic N) is 2. The molecule has 17 heavy (non-hydrogen) atoms. The summed E-state index contributed by atoms with van der Waals surface area (Å²) < 4.78 is 7.48. The third kappa shape index (κ3) is 1.65. The zero-order valence-electron chi connectivity index (χ0n) is 9.31. The Morgan fingerprint density at radius 1 is 1.53 bits per heavy atom. The van der Waals surface area contributed by atoms with Gasteiger partial charge < -0.3 is 4.74 Å². The fourth-order valence-electron chi connectivity index (χ4n) is 2.00. The maximum Gasteiger partial charge on any atom is 0.355 e. The van der Waals surface area contributed by atoms with Crippen molar-refractivity contribution in [3.8, 4) is 0 Å². The monoisotopic (exact) mass is 294 g/mol. The van der Waals surface area contributed by atoms with E-state index in [-0.39, 0.29) is 5.97 Å². The highest BCUT2D eigenvalue weighted by atomic mass is 79.9. The number of halogens is 1. The van der Waals surface area contributed by atoms with E-state index in [1.54, 1.807) is 6.07 Å². The van der Waals surface area contributed by atoms with Crippen LogP contribution >= 0.6 is 15.9 Å². The van der Waals surface area contributed by atoms with Gasteiger partial charge in [0.1, 0.15) is 16.1 Å². The van der Waals surface area contributed by atoms with Gasteiger partial charge in [-0.1, -0.05) is 6.07 Å². The first-order valence-corrected chi connectivity index (χ1v) is 6.27. The van der Waals surface area contributed by atoms with Crippen molar-refractivity contribution in [3.63, 3.8) is 0 Å². The Labute approximate surface area is 107 Å². The van der Waals surface area contributed by atoms with Gasteiger partial charge in [-0.25, -0.2) is 9.78 Å². The number of pyridine rings is 1. The van der Waals surface area contributed by atoms with Crippen LogP contribution in [0.1, 0.15) is 35.1 Å². The SMILES string of the molecule is COC(=O)c1cccc2c(Br)nc(C3CC3)n12. The van der Waals surface area contributed by atoms with Crippen molar-refractivity contribution in [1.29, 1.82) is 0 Å². The lowest BCUT2D eigenvalue weighted by Gasteiger charge is -2.06. The Kier molecular flexibility index (Phi) is 2.43. The first-order chi connectivity index (χ1) is 8.22. The van der Waals surface area contributed by atoms with Gasteiger partial charge in [0, 0.05) is 5.92 Å². The summed E-state index contributed by atoms with van der Waals surface area (Å²) in [6, 6.07) is 5.54. The van der Waals surface area contributed by atoms with Crippen LogP contribution in [-0.4, -0.2) is 22.5 Å². The summed E-state index contributed by atoms with van der Waals surface area (Å²) >= 11 is 3.43. The van der Waals surface area contributed by atoms with E-state index in [1.807, 2.05) is 16.5 Å². The predicted molar refractivity (Wildman–Crippen MR) is 66.2 cm³/mol. The molecule has 1 fully saturated rings. The fraction of sp³-hybridized carbons (Fsp3) is 0.333. The first kappa shape index (κ1) is 10.8. The number of hydrogen-bond donors (Lipinski definition) is 0. The van der Waals surface area contributed by atoms with E-state index in [4.69, 9.17) is 4.74 Å². The predicted octanol–water partition coefficient (Wildman–Crippen LogP) is 2.76. The molecule has 4 nitrogen and oxygen atoms in total. The van der Waals surface area contributed by atoms with Gasteiger partial charge in [-0.2, -0.15) is 0 Å². The van der Waals surface area contributed by atoms with E-state index >= 15 is 0 Å². The van der Waals surface area contributed by atoms with Crippen molar-refractivity contribution < 1.29 is 9.53 Å². The number of aromatic nitrogens is 2. The van der Waals surface area contributed by atoms with Crippen LogP contribution in [0.3, 0.4) is 0 Å². The molecule has 0 saturated heterocycles. The van der Waals surface area contributed by atoms with Crippen molar-refractivity contribution in [2.45, 2.75) is 18.8 Å². The normalized spacial score (nSPS) is 15.2. The lowest BCUT2D eigenvalue weighted by Crippen LogP contribution is -2.09. The van der Waals surface area contributed by atoms with Crippen molar-refractivity contribution in [3.05, 3.63) is 34.3 Å². The van der Waals surface area contributed by atoms with Gasteiger partial charge in [0.25, 0.3) is 0 Å². The maximum atomic E-state index is 11.7. The molecule has 2 aromatic heterocycles. The second-order valence-electron chi connectivity index (χ2n) is 4.16. The van der Waals surface area contributed by atoms with Gasteiger partial charge in [-0.05, 0) is 40.9 Å². The second kappa shape index (κ2) is 3.84. The average Bonchev–Trinajstić information content (AvgIpc) is 3.14. The van der Waals surface area contributed by atoms with Crippen LogP contribution in [0.25, 0.3) is 5.52 Å². The topological polar surface area (TPSA) is 43.6 Å². The molecule has 0 unspecified atom stereocenters. The second-order valence-corrected chi connectivity index (χ2v) is 4.91. The van der Waals surface area contributed by atoms with E-state index in [1.165, 1.54) is 7.11 Å². The van der Waals surface area contributed by atoms with Gasteiger partial charge in [0.15, 0.2) is 0 Å². The zero-order valence-corrected chi connectivity index (χ0v) is 10.9. The van der Waals surface area contributed by atoms with Gasteiger partial charge in [-0.3, -0.25) is 4.40 Å². The van der Waals surface area contributed by atoms with E-state index in [9.17, 15) is 4.79 Å². The van der Waals surface area contributed by atoms with E-state index < -0.39 is 0 Å². The van der Waals surface area contributed by atoms with Crippen LogP contribution in [0, 0.1) is 0 Å². The molecule has 1 saturated carbocycles. The molecule has 0 atom stereocenters. The fourth-order valence-corrected chi connectivity index (χ4v) is 2.50. The Bertz CT molecular complexity index is 602. The Balaban J connectivity index is 2.31. The minimum Gasteiger partial charge on any atom is -0.464 e. The maximum absolute atomic E-state index is 11.7. The number of hydrogen-bond acceptors (Lipinski definition) is 3. The molecular weight excluding hydrogens is 284 g/mol. The molecule has 3 rings (SSSR count). The molecule has 5 heteroatoms. The summed E-state index contributed by atoms with van der Waals surface area (Å²) in [5, 5.41) is 0. The Morgan fingerprint density at radius 2 is 2.29 bits per heavy atom. The molecule has 0 bridgehead atoms. The summed E-state index contributed by atoms with van der Waals surface area (Å²) in [5.41, 5.74) is 1.44. The van der Waals surface area contributed by atoms with Crippen molar-refractivity contribution in [1.82, 2.24) is 9.38 Å². The number of rotatable bonds is 2. The molecule has 0 aliphatic heterocycles. The highest BCUT2D eigenvalue weighted by Gasteiger charge is 2.30. The van der Waals surface area contributed by atoms with E-state index in [0.717, 1.165) is 28.8 Å². The van der Waals surface area contributed by atoms with E-state index in [0.29, 0.717) is 11.6 Å². The summed E-state index contributed by atoms with van der Waals surface area (Å²) in [7, 11) is 1.39. The van der Waals surface area contributed by atoms with Crippen LogP contribution < -0.4 is 0 Å². The molecule has 0 aromatic carbocycles.